The second-order valence-corrected chi connectivity index (χ2v) is 6.91. The van der Waals surface area contributed by atoms with Gasteiger partial charge in [0.05, 0.1) is 5.39 Å². The molecule has 0 amide bonds. The van der Waals surface area contributed by atoms with Gasteiger partial charge in [0.25, 0.3) is 0 Å². The number of anilines is 1. The number of nitrogens with one attached hydrogen (secondary N) is 1. The molecule has 0 spiro atoms. The first-order valence-electron chi connectivity index (χ1n) is 7.80. The van der Waals surface area contributed by atoms with E-state index in [-0.39, 0.29) is 0 Å². The van der Waals surface area contributed by atoms with Gasteiger partial charge in [0.2, 0.25) is 0 Å². The third-order valence-electron chi connectivity index (χ3n) is 4.17. The Balaban J connectivity index is 2.05. The Morgan fingerprint density at radius 1 is 1.24 bits per heavy atom. The number of hydrogen-bond donors (Lipinski definition) is 1. The van der Waals surface area contributed by atoms with Gasteiger partial charge in [0.15, 0.2) is 0 Å². The lowest BCUT2D eigenvalue weighted by atomic mass is 9.99. The maximum Gasteiger partial charge on any atom is 0.138 e. The van der Waals surface area contributed by atoms with Crippen LogP contribution in [0, 0.1) is 13.8 Å². The van der Waals surface area contributed by atoms with Gasteiger partial charge >= 0.3 is 0 Å². The van der Waals surface area contributed by atoms with Crippen molar-refractivity contribution in [2.24, 2.45) is 0 Å². The van der Waals surface area contributed by atoms with E-state index in [0.29, 0.717) is 5.92 Å². The summed E-state index contributed by atoms with van der Waals surface area (Å²) >= 11 is 1.78. The van der Waals surface area contributed by atoms with Gasteiger partial charge in [-0.25, -0.2) is 9.97 Å². The Bertz CT molecular complexity index is 632. The molecule has 0 atom stereocenters. The number of hydrogen-bond acceptors (Lipinski definition) is 5. The van der Waals surface area contributed by atoms with Gasteiger partial charge < -0.3 is 10.1 Å². The minimum absolute atomic E-state index is 0.438. The van der Waals surface area contributed by atoms with E-state index in [1.54, 1.807) is 11.3 Å². The molecular weight excluding hydrogens is 282 g/mol. The molecule has 3 heterocycles. The minimum atomic E-state index is 0.438. The predicted octanol–water partition coefficient (Wildman–Crippen LogP) is 4.02. The molecule has 3 rings (SSSR count). The van der Waals surface area contributed by atoms with Crippen molar-refractivity contribution in [2.75, 3.05) is 25.1 Å². The zero-order chi connectivity index (χ0) is 14.8. The van der Waals surface area contributed by atoms with Gasteiger partial charge in [-0.3, -0.25) is 0 Å². The average Bonchev–Trinajstić information content (AvgIpc) is 2.80. The Morgan fingerprint density at radius 3 is 2.71 bits per heavy atom. The molecule has 114 valence electrons. The van der Waals surface area contributed by atoms with Crippen molar-refractivity contribution in [3.05, 3.63) is 16.3 Å². The van der Waals surface area contributed by atoms with E-state index in [1.165, 1.54) is 15.8 Å². The minimum Gasteiger partial charge on any atom is -0.381 e. The fraction of sp³-hybridized carbons (Fsp3) is 0.625. The van der Waals surface area contributed by atoms with Crippen LogP contribution in [-0.4, -0.2) is 29.7 Å². The normalized spacial score (nSPS) is 16.5. The van der Waals surface area contributed by atoms with Gasteiger partial charge in [-0.2, -0.15) is 0 Å². The molecule has 2 aromatic heterocycles. The van der Waals surface area contributed by atoms with Gasteiger partial charge in [0, 0.05) is 30.6 Å². The van der Waals surface area contributed by atoms with E-state index >= 15 is 0 Å². The van der Waals surface area contributed by atoms with Crippen LogP contribution in [0.25, 0.3) is 10.2 Å². The molecule has 1 fully saturated rings. The van der Waals surface area contributed by atoms with Crippen LogP contribution in [0.2, 0.25) is 0 Å². The lowest BCUT2D eigenvalue weighted by Crippen LogP contribution is -2.17. The van der Waals surface area contributed by atoms with Gasteiger partial charge in [0.1, 0.15) is 16.5 Å². The lowest BCUT2D eigenvalue weighted by molar-refractivity contribution is 0.0837. The highest BCUT2D eigenvalue weighted by Crippen LogP contribution is 2.35. The SMILES string of the molecule is CCCNc1nc(C2CCOCC2)nc2sc(C)c(C)c12. The number of aryl methyl sites for hydroxylation is 2. The first-order chi connectivity index (χ1) is 10.2. The predicted molar refractivity (Wildman–Crippen MR) is 88.5 cm³/mol. The van der Waals surface area contributed by atoms with Crippen molar-refractivity contribution in [3.63, 3.8) is 0 Å². The van der Waals surface area contributed by atoms with E-state index in [0.717, 1.165) is 55.5 Å². The third-order valence-corrected chi connectivity index (χ3v) is 5.28. The molecule has 1 N–H and O–H groups in total. The van der Waals surface area contributed by atoms with Gasteiger partial charge in [-0.1, -0.05) is 6.92 Å². The molecule has 4 nitrogen and oxygen atoms in total. The maximum atomic E-state index is 5.46. The van der Waals surface area contributed by atoms with Crippen LogP contribution < -0.4 is 5.32 Å². The molecule has 5 heteroatoms. The second-order valence-electron chi connectivity index (χ2n) is 5.71. The zero-order valence-electron chi connectivity index (χ0n) is 13.0. The number of thiophene rings is 1. The zero-order valence-corrected chi connectivity index (χ0v) is 13.8. The van der Waals surface area contributed by atoms with Crippen LogP contribution in [0.15, 0.2) is 0 Å². The first-order valence-corrected chi connectivity index (χ1v) is 8.61. The average molecular weight is 305 g/mol. The van der Waals surface area contributed by atoms with E-state index in [4.69, 9.17) is 14.7 Å². The third kappa shape index (κ3) is 2.90. The Morgan fingerprint density at radius 2 is 2.00 bits per heavy atom. The number of ether oxygens (including phenoxy) is 1. The van der Waals surface area contributed by atoms with Crippen molar-refractivity contribution in [1.82, 2.24) is 9.97 Å². The summed E-state index contributed by atoms with van der Waals surface area (Å²) < 4.78 is 5.46. The second kappa shape index (κ2) is 6.28. The van der Waals surface area contributed by atoms with Gasteiger partial charge in [-0.15, -0.1) is 11.3 Å². The monoisotopic (exact) mass is 305 g/mol. The summed E-state index contributed by atoms with van der Waals surface area (Å²) in [6.07, 6.45) is 3.16. The van der Waals surface area contributed by atoms with Crippen LogP contribution in [0.3, 0.4) is 0 Å². The summed E-state index contributed by atoms with van der Waals surface area (Å²) in [6, 6.07) is 0. The Labute approximate surface area is 129 Å². The van der Waals surface area contributed by atoms with E-state index in [1.807, 2.05) is 0 Å². The van der Waals surface area contributed by atoms with Crippen LogP contribution >= 0.6 is 11.3 Å². The molecule has 0 bridgehead atoms. The molecule has 21 heavy (non-hydrogen) atoms. The Hall–Kier alpha value is -1.20. The lowest BCUT2D eigenvalue weighted by Gasteiger charge is -2.21. The first kappa shape index (κ1) is 14.7. The summed E-state index contributed by atoms with van der Waals surface area (Å²) in [5, 5.41) is 4.71. The fourth-order valence-corrected chi connectivity index (χ4v) is 3.81. The van der Waals surface area contributed by atoms with Crippen molar-refractivity contribution in [2.45, 2.75) is 46.0 Å². The van der Waals surface area contributed by atoms with E-state index in [2.05, 4.69) is 26.1 Å². The molecule has 0 aliphatic carbocycles. The molecule has 1 saturated heterocycles. The molecule has 0 aromatic carbocycles. The van der Waals surface area contributed by atoms with Crippen molar-refractivity contribution >= 4 is 27.4 Å². The molecule has 0 radical (unpaired) electrons. The van der Waals surface area contributed by atoms with E-state index in [9.17, 15) is 0 Å². The maximum absolute atomic E-state index is 5.46. The van der Waals surface area contributed by atoms with Crippen LogP contribution in [0.4, 0.5) is 5.82 Å². The number of aromatic nitrogens is 2. The standard InChI is InChI=1S/C16H23N3OS/c1-4-7-17-15-13-10(2)11(3)21-16(13)19-14(18-15)12-5-8-20-9-6-12/h12H,4-9H2,1-3H3,(H,17,18,19). The van der Waals surface area contributed by atoms with Crippen molar-refractivity contribution in [3.8, 4) is 0 Å². The number of rotatable bonds is 4. The van der Waals surface area contributed by atoms with Crippen LogP contribution in [0.1, 0.15) is 48.4 Å². The highest BCUT2D eigenvalue weighted by molar-refractivity contribution is 7.18. The molecule has 1 aliphatic rings. The molecular formula is C16H23N3OS. The van der Waals surface area contributed by atoms with Crippen molar-refractivity contribution < 1.29 is 4.74 Å². The topological polar surface area (TPSA) is 47.0 Å². The number of nitrogens with zero attached hydrogens (tertiary/aromatic N) is 2. The highest BCUT2D eigenvalue weighted by atomic mass is 32.1. The summed E-state index contributed by atoms with van der Waals surface area (Å²) in [5.74, 6) is 2.45. The quantitative estimate of drug-likeness (QED) is 0.926. The van der Waals surface area contributed by atoms with Crippen LogP contribution in [0.5, 0.6) is 0 Å². The fourth-order valence-electron chi connectivity index (χ4n) is 2.78. The largest absolute Gasteiger partial charge is 0.381 e. The molecule has 2 aromatic rings. The molecule has 0 saturated carbocycles. The van der Waals surface area contributed by atoms with Crippen molar-refractivity contribution in [1.29, 1.82) is 0 Å². The van der Waals surface area contributed by atoms with Crippen LogP contribution in [-0.2, 0) is 4.74 Å². The smallest absolute Gasteiger partial charge is 0.138 e. The van der Waals surface area contributed by atoms with E-state index < -0.39 is 0 Å². The highest BCUT2D eigenvalue weighted by Gasteiger charge is 2.22. The molecule has 1 aliphatic heterocycles. The Kier molecular flexibility index (Phi) is 4.40. The number of fused-ring (bicyclic) bond motifs is 1. The summed E-state index contributed by atoms with van der Waals surface area (Å²) in [7, 11) is 0. The summed E-state index contributed by atoms with van der Waals surface area (Å²) in [4.78, 5) is 12.2. The summed E-state index contributed by atoms with van der Waals surface area (Å²) in [6.45, 7) is 9.12. The van der Waals surface area contributed by atoms with Gasteiger partial charge in [-0.05, 0) is 38.7 Å². The molecule has 0 unspecified atom stereocenters. The summed E-state index contributed by atoms with van der Waals surface area (Å²) in [5.41, 5.74) is 1.31.